The van der Waals surface area contributed by atoms with Gasteiger partial charge < -0.3 is 20.9 Å². The van der Waals surface area contributed by atoms with Crippen LogP contribution in [0.15, 0.2) is 29.6 Å². The van der Waals surface area contributed by atoms with Crippen molar-refractivity contribution in [3.63, 3.8) is 0 Å². The van der Waals surface area contributed by atoms with Crippen molar-refractivity contribution in [3.05, 3.63) is 45.9 Å². The molecule has 1 heterocycles. The van der Waals surface area contributed by atoms with Gasteiger partial charge in [-0.05, 0) is 6.07 Å². The monoisotopic (exact) mass is 307 g/mol. The molecule has 0 spiro atoms. The predicted molar refractivity (Wildman–Crippen MR) is 80.3 cm³/mol. The molecule has 21 heavy (non-hydrogen) atoms. The third-order valence-corrected chi connectivity index (χ3v) is 3.78. The quantitative estimate of drug-likeness (QED) is 0.742. The minimum Gasteiger partial charge on any atom is -0.496 e. The van der Waals surface area contributed by atoms with Gasteiger partial charge >= 0.3 is 0 Å². The normalized spacial score (nSPS) is 12.0. The molecule has 0 aliphatic heterocycles. The van der Waals surface area contributed by atoms with Gasteiger partial charge in [-0.25, -0.2) is 4.98 Å². The van der Waals surface area contributed by atoms with Gasteiger partial charge in [-0.3, -0.25) is 4.79 Å². The molecule has 0 fully saturated rings. The summed E-state index contributed by atoms with van der Waals surface area (Å²) in [7, 11) is 1.54. The van der Waals surface area contributed by atoms with Crippen LogP contribution in [-0.2, 0) is 6.54 Å². The van der Waals surface area contributed by atoms with Crippen molar-refractivity contribution in [2.45, 2.75) is 12.6 Å². The third-order valence-electron chi connectivity index (χ3n) is 2.91. The van der Waals surface area contributed by atoms with Gasteiger partial charge in [0.05, 0.1) is 13.2 Å². The second-order valence-corrected chi connectivity index (χ2v) is 5.24. The third kappa shape index (κ3) is 3.78. The Kier molecular flexibility index (Phi) is 5.26. The van der Waals surface area contributed by atoms with Crippen LogP contribution in [0.2, 0.25) is 0 Å². The summed E-state index contributed by atoms with van der Waals surface area (Å²) in [6.45, 7) is 0.385. The zero-order valence-electron chi connectivity index (χ0n) is 11.6. The maximum absolute atomic E-state index is 11.9. The number of nitrogens with zero attached hydrogens (tertiary/aromatic N) is 1. The number of aliphatic hydroxyl groups is 1. The number of carbonyl (C=O) groups is 1. The van der Waals surface area contributed by atoms with Gasteiger partial charge in [0.1, 0.15) is 16.5 Å². The minimum absolute atomic E-state index is 0.0781. The highest BCUT2D eigenvalue weighted by atomic mass is 32.1. The Bertz CT molecular complexity index is 615. The number of ether oxygens (including phenoxy) is 1. The number of para-hydroxylation sites is 1. The van der Waals surface area contributed by atoms with E-state index in [4.69, 9.17) is 10.5 Å². The highest BCUT2D eigenvalue weighted by Crippen LogP contribution is 2.24. The molecule has 4 N–H and O–H groups in total. The van der Waals surface area contributed by atoms with Crippen LogP contribution in [0, 0.1) is 0 Å². The summed E-state index contributed by atoms with van der Waals surface area (Å²) < 4.78 is 5.18. The van der Waals surface area contributed by atoms with E-state index in [1.807, 2.05) is 6.07 Å². The maximum Gasteiger partial charge on any atom is 0.270 e. The zero-order chi connectivity index (χ0) is 15.2. The summed E-state index contributed by atoms with van der Waals surface area (Å²) >= 11 is 1.34. The van der Waals surface area contributed by atoms with Crippen molar-refractivity contribution in [2.24, 2.45) is 5.73 Å². The first-order valence-electron chi connectivity index (χ1n) is 6.39. The van der Waals surface area contributed by atoms with E-state index in [1.54, 1.807) is 23.6 Å². The summed E-state index contributed by atoms with van der Waals surface area (Å²) in [5, 5.41) is 15.1. The number of aromatic nitrogens is 1. The van der Waals surface area contributed by atoms with Gasteiger partial charge in [0.15, 0.2) is 0 Å². The molecule has 0 aliphatic rings. The smallest absolute Gasteiger partial charge is 0.270 e. The molecule has 6 nitrogen and oxygen atoms in total. The average Bonchev–Trinajstić information content (AvgIpc) is 3.01. The molecule has 1 atom stereocenters. The van der Waals surface area contributed by atoms with Crippen LogP contribution in [0.4, 0.5) is 0 Å². The summed E-state index contributed by atoms with van der Waals surface area (Å²) in [5.41, 5.74) is 6.39. The molecule has 1 aromatic heterocycles. The molecule has 1 unspecified atom stereocenters. The van der Waals surface area contributed by atoms with E-state index in [0.717, 1.165) is 0 Å². The molecule has 0 radical (unpaired) electrons. The van der Waals surface area contributed by atoms with Crippen LogP contribution in [0.25, 0.3) is 0 Å². The first-order chi connectivity index (χ1) is 10.2. The summed E-state index contributed by atoms with van der Waals surface area (Å²) in [6.07, 6.45) is -0.849. The number of methoxy groups -OCH3 is 1. The lowest BCUT2D eigenvalue weighted by Crippen LogP contribution is -2.28. The number of nitrogens with one attached hydrogen (secondary N) is 1. The van der Waals surface area contributed by atoms with Crippen LogP contribution in [0.3, 0.4) is 0 Å². The van der Waals surface area contributed by atoms with Crippen LogP contribution in [0.1, 0.15) is 27.2 Å². The zero-order valence-corrected chi connectivity index (χ0v) is 12.4. The Balaban J connectivity index is 1.97. The number of nitrogens with two attached hydrogens (primary N) is 1. The predicted octanol–water partition coefficient (Wildman–Crippen LogP) is 1.07. The van der Waals surface area contributed by atoms with Crippen molar-refractivity contribution in [1.29, 1.82) is 0 Å². The van der Waals surface area contributed by atoms with Crippen LogP contribution < -0.4 is 15.8 Å². The van der Waals surface area contributed by atoms with Gasteiger partial charge in [-0.15, -0.1) is 11.3 Å². The first-order valence-corrected chi connectivity index (χ1v) is 7.27. The summed E-state index contributed by atoms with van der Waals surface area (Å²) in [6, 6.07) is 7.13. The Morgan fingerprint density at radius 3 is 2.95 bits per heavy atom. The molecule has 7 heteroatoms. The molecular formula is C14H17N3O3S. The van der Waals surface area contributed by atoms with E-state index >= 15 is 0 Å². The lowest BCUT2D eigenvalue weighted by molar-refractivity contribution is 0.0910. The van der Waals surface area contributed by atoms with Gasteiger partial charge in [0.2, 0.25) is 0 Å². The number of carbonyl (C=O) groups excluding carboxylic acids is 1. The minimum atomic E-state index is -0.849. The lowest BCUT2D eigenvalue weighted by atomic mass is 10.1. The van der Waals surface area contributed by atoms with Crippen molar-refractivity contribution in [3.8, 4) is 5.75 Å². The van der Waals surface area contributed by atoms with E-state index in [2.05, 4.69) is 10.3 Å². The van der Waals surface area contributed by atoms with Gasteiger partial charge in [-0.1, -0.05) is 18.2 Å². The molecule has 1 aromatic carbocycles. The van der Waals surface area contributed by atoms with E-state index < -0.39 is 6.10 Å². The average molecular weight is 307 g/mol. The Morgan fingerprint density at radius 2 is 2.29 bits per heavy atom. The number of hydrogen-bond donors (Lipinski definition) is 3. The van der Waals surface area contributed by atoms with Crippen molar-refractivity contribution in [1.82, 2.24) is 10.3 Å². The number of thiazole rings is 1. The molecule has 0 aliphatic carbocycles. The van der Waals surface area contributed by atoms with E-state index in [1.165, 1.54) is 18.4 Å². The number of amides is 1. The summed E-state index contributed by atoms with van der Waals surface area (Å²) in [5.74, 6) is 0.248. The maximum atomic E-state index is 11.9. The van der Waals surface area contributed by atoms with E-state index in [0.29, 0.717) is 28.6 Å². The molecule has 1 amide bonds. The van der Waals surface area contributed by atoms with E-state index in [9.17, 15) is 9.90 Å². The highest BCUT2D eigenvalue weighted by molar-refractivity contribution is 7.09. The van der Waals surface area contributed by atoms with Gasteiger partial charge in [0, 0.05) is 24.0 Å². The van der Waals surface area contributed by atoms with Crippen LogP contribution in [-0.4, -0.2) is 29.7 Å². The molecule has 0 bridgehead atoms. The molecule has 0 saturated heterocycles. The fourth-order valence-electron chi connectivity index (χ4n) is 1.84. The Hall–Kier alpha value is -1.96. The largest absolute Gasteiger partial charge is 0.496 e. The van der Waals surface area contributed by atoms with Crippen LogP contribution in [0.5, 0.6) is 5.75 Å². The van der Waals surface area contributed by atoms with Gasteiger partial charge in [0.25, 0.3) is 5.91 Å². The summed E-state index contributed by atoms with van der Waals surface area (Å²) in [4.78, 5) is 16.0. The van der Waals surface area contributed by atoms with Crippen LogP contribution >= 0.6 is 11.3 Å². The van der Waals surface area contributed by atoms with Crippen molar-refractivity contribution >= 4 is 17.2 Å². The molecule has 0 saturated carbocycles. The Labute approximate surface area is 126 Å². The van der Waals surface area contributed by atoms with Crippen molar-refractivity contribution in [2.75, 3.05) is 13.7 Å². The SMILES string of the molecule is COc1ccccc1C(O)CNC(=O)c1csc(CN)n1. The molecule has 112 valence electrons. The lowest BCUT2D eigenvalue weighted by Gasteiger charge is -2.14. The topological polar surface area (TPSA) is 97.5 Å². The fraction of sp³-hybridized carbons (Fsp3) is 0.286. The number of benzene rings is 1. The number of hydrogen-bond acceptors (Lipinski definition) is 6. The number of rotatable bonds is 6. The second-order valence-electron chi connectivity index (χ2n) is 4.30. The standard InChI is InChI=1S/C14H17N3O3S/c1-20-12-5-3-2-4-9(12)11(18)7-16-14(19)10-8-21-13(6-15)17-10/h2-5,8,11,18H,6-7,15H2,1H3,(H,16,19). The van der Waals surface area contributed by atoms with Gasteiger partial charge in [-0.2, -0.15) is 0 Å². The molecule has 2 aromatic rings. The first kappa shape index (κ1) is 15.4. The van der Waals surface area contributed by atoms with Crippen molar-refractivity contribution < 1.29 is 14.6 Å². The highest BCUT2D eigenvalue weighted by Gasteiger charge is 2.15. The molecule has 2 rings (SSSR count). The Morgan fingerprint density at radius 1 is 1.52 bits per heavy atom. The number of aliphatic hydroxyl groups excluding tert-OH is 1. The van der Waals surface area contributed by atoms with E-state index in [-0.39, 0.29) is 12.5 Å². The fourth-order valence-corrected chi connectivity index (χ4v) is 2.50. The molecular weight excluding hydrogens is 290 g/mol. The second kappa shape index (κ2) is 7.16.